The molecule has 456 valence electrons. The van der Waals surface area contributed by atoms with Gasteiger partial charge in [-0.1, -0.05) is 83.3 Å². The fourth-order valence-electron chi connectivity index (χ4n) is 12.9. The number of alkyl halides is 3. The minimum Gasteiger partial charge on any atom is -0.380 e. The Bertz CT molecular complexity index is 3700. The molecule has 2 bridgehead atoms. The summed E-state index contributed by atoms with van der Waals surface area (Å²) in [6, 6.07) is 29.0. The number of nitrogens with one attached hydrogen (secondary N) is 3. The van der Waals surface area contributed by atoms with E-state index in [1.165, 1.54) is 45.5 Å². The van der Waals surface area contributed by atoms with E-state index < -0.39 is 64.7 Å². The average Bonchev–Trinajstić information content (AvgIpc) is 2.39. The zero-order valence-corrected chi connectivity index (χ0v) is 52.3. The molecule has 0 spiro atoms. The molecule has 0 radical (unpaired) electrons. The van der Waals surface area contributed by atoms with Gasteiger partial charge in [0.1, 0.15) is 10.9 Å². The first kappa shape index (κ1) is 61.8. The second-order valence-electron chi connectivity index (χ2n) is 24.0. The molecule has 4 saturated heterocycles. The van der Waals surface area contributed by atoms with Crippen molar-refractivity contribution in [3.05, 3.63) is 152 Å². The van der Waals surface area contributed by atoms with E-state index in [2.05, 4.69) is 72.1 Å². The Kier molecular flexibility index (Phi) is 18.0. The summed E-state index contributed by atoms with van der Waals surface area (Å²) in [5, 5.41) is 6.12. The summed E-state index contributed by atoms with van der Waals surface area (Å²) in [6.45, 7) is 11.3. The van der Waals surface area contributed by atoms with Gasteiger partial charge in [0, 0.05) is 127 Å². The quantitative estimate of drug-likeness (QED) is 0.0523. The lowest BCUT2D eigenvalue weighted by atomic mass is 9.73. The highest BCUT2D eigenvalue weighted by molar-refractivity contribution is 9.10. The van der Waals surface area contributed by atoms with Crippen LogP contribution in [-0.2, 0) is 42.5 Å². The molecular formula is C62H67BrClF3N8O8S3. The molecule has 6 aliphatic rings. The number of hydrogen-bond donors (Lipinski definition) is 3. The number of piperazine rings is 2. The number of sulfonamides is 1. The van der Waals surface area contributed by atoms with E-state index in [9.17, 15) is 49.2 Å². The Morgan fingerprint density at radius 2 is 1.57 bits per heavy atom. The Morgan fingerprint density at radius 3 is 2.26 bits per heavy atom. The fraction of sp³-hybridized carbons (Fsp3) is 0.419. The number of carbonyl (C=O) groups is 4. The number of amides is 4. The van der Waals surface area contributed by atoms with Gasteiger partial charge in [-0.3, -0.25) is 39.2 Å². The van der Waals surface area contributed by atoms with Crippen molar-refractivity contribution in [3.8, 4) is 0 Å². The minimum atomic E-state index is -6.15. The number of piperidine rings is 1. The first-order chi connectivity index (χ1) is 40.9. The second kappa shape index (κ2) is 25.0. The molecule has 24 heteroatoms. The summed E-state index contributed by atoms with van der Waals surface area (Å²) < 4.78 is 101. The Hall–Kier alpha value is -5.79. The highest BCUT2D eigenvalue weighted by Gasteiger charge is 2.49. The minimum absolute atomic E-state index is 0.0239. The van der Waals surface area contributed by atoms with E-state index in [0.717, 1.165) is 90.2 Å². The molecular weight excluding hydrogens is 1250 g/mol. The number of nitrogens with zero attached hydrogens (tertiary/aromatic N) is 5. The molecule has 0 saturated carbocycles. The third-order valence-electron chi connectivity index (χ3n) is 17.6. The van der Waals surface area contributed by atoms with Crippen molar-refractivity contribution in [2.75, 3.05) is 68.3 Å². The van der Waals surface area contributed by atoms with Crippen molar-refractivity contribution in [2.45, 2.75) is 116 Å². The van der Waals surface area contributed by atoms with E-state index in [1.807, 2.05) is 53.3 Å². The predicted molar refractivity (Wildman–Crippen MR) is 329 cm³/mol. The largest absolute Gasteiger partial charge is 0.501 e. The number of hydrogen-bond acceptors (Lipinski definition) is 14. The number of benzene rings is 5. The van der Waals surface area contributed by atoms with Crippen LogP contribution in [0.15, 0.2) is 134 Å². The molecule has 4 atom stereocenters. The fourth-order valence-corrected chi connectivity index (χ4v) is 16.5. The van der Waals surface area contributed by atoms with Gasteiger partial charge in [0.15, 0.2) is 0 Å². The first-order valence-electron chi connectivity index (χ1n) is 28.8. The van der Waals surface area contributed by atoms with Crippen LogP contribution in [0.1, 0.15) is 96.2 Å². The highest BCUT2D eigenvalue weighted by Crippen LogP contribution is 2.44. The van der Waals surface area contributed by atoms with E-state index in [-0.39, 0.29) is 54.3 Å². The molecule has 5 aromatic rings. The maximum Gasteiger partial charge on any atom is 0.501 e. The third-order valence-corrected chi connectivity index (χ3v) is 22.6. The predicted octanol–water partition coefficient (Wildman–Crippen LogP) is 9.98. The molecule has 3 N–H and O–H groups in total. The van der Waals surface area contributed by atoms with Crippen LogP contribution >= 0.6 is 39.3 Å². The van der Waals surface area contributed by atoms with Gasteiger partial charge in [0.05, 0.1) is 10.6 Å². The van der Waals surface area contributed by atoms with Crippen LogP contribution < -0.4 is 20.3 Å². The second-order valence-corrected chi connectivity index (χ2v) is 30.0. The highest BCUT2D eigenvalue weighted by atomic mass is 79.9. The lowest BCUT2D eigenvalue weighted by molar-refractivity contribution is -0.136. The molecule has 4 fully saturated rings. The zero-order valence-electron chi connectivity index (χ0n) is 47.5. The number of rotatable bonds is 19. The van der Waals surface area contributed by atoms with Gasteiger partial charge in [0.2, 0.25) is 11.8 Å². The number of likely N-dealkylation sites (tertiary alicyclic amines) is 2. The zero-order chi connectivity index (χ0) is 60.9. The molecule has 86 heavy (non-hydrogen) atoms. The number of carbonyl (C=O) groups excluding carboxylic acids is 4. The summed E-state index contributed by atoms with van der Waals surface area (Å²) in [6.07, 6.45) is 4.79. The molecule has 5 aliphatic heterocycles. The summed E-state index contributed by atoms with van der Waals surface area (Å²) >= 11 is 11.3. The Labute approximate surface area is 517 Å². The molecule has 16 nitrogen and oxygen atoms in total. The van der Waals surface area contributed by atoms with Crippen molar-refractivity contribution < 1.29 is 49.2 Å². The van der Waals surface area contributed by atoms with Gasteiger partial charge < -0.3 is 15.1 Å². The Balaban J connectivity index is 0.730. The summed E-state index contributed by atoms with van der Waals surface area (Å²) in [5.74, 6) is -1.82. The van der Waals surface area contributed by atoms with E-state index in [0.29, 0.717) is 61.5 Å². The van der Waals surface area contributed by atoms with Crippen LogP contribution in [0.4, 0.5) is 24.5 Å². The van der Waals surface area contributed by atoms with Crippen molar-refractivity contribution in [3.63, 3.8) is 0 Å². The van der Waals surface area contributed by atoms with Crippen LogP contribution in [0, 0.1) is 5.41 Å². The topological polar surface area (TPSA) is 189 Å². The lowest BCUT2D eigenvalue weighted by Gasteiger charge is -2.39. The van der Waals surface area contributed by atoms with E-state index >= 15 is 0 Å². The van der Waals surface area contributed by atoms with Crippen molar-refractivity contribution >= 4 is 99.7 Å². The van der Waals surface area contributed by atoms with E-state index in [1.54, 1.807) is 18.2 Å². The Morgan fingerprint density at radius 1 is 0.860 bits per heavy atom. The number of halogens is 5. The number of fused-ring (bicyclic) bond motifs is 3. The molecule has 5 heterocycles. The third kappa shape index (κ3) is 13.6. The summed E-state index contributed by atoms with van der Waals surface area (Å²) in [4.78, 5) is 61.1. The van der Waals surface area contributed by atoms with Gasteiger partial charge in [-0.15, -0.1) is 11.8 Å². The average molecular weight is 1320 g/mol. The summed E-state index contributed by atoms with van der Waals surface area (Å²) in [7, 11) is -11.1. The maximum atomic E-state index is 14.6. The maximum absolute atomic E-state index is 14.6. The van der Waals surface area contributed by atoms with Gasteiger partial charge in [-0.25, -0.2) is 21.6 Å². The van der Waals surface area contributed by atoms with Gasteiger partial charge in [-0.2, -0.15) is 13.2 Å². The number of sulfone groups is 1. The van der Waals surface area contributed by atoms with Gasteiger partial charge in [-0.05, 0) is 139 Å². The molecule has 0 aromatic heterocycles. The lowest BCUT2D eigenvalue weighted by Crippen LogP contribution is -2.52. The van der Waals surface area contributed by atoms with Crippen LogP contribution in [0.5, 0.6) is 0 Å². The summed E-state index contributed by atoms with van der Waals surface area (Å²) in [5.41, 5.74) is 1.10. The van der Waals surface area contributed by atoms with Crippen molar-refractivity contribution in [2.24, 2.45) is 5.41 Å². The van der Waals surface area contributed by atoms with Crippen LogP contribution in [0.25, 0.3) is 5.57 Å². The smallest absolute Gasteiger partial charge is 0.380 e. The van der Waals surface area contributed by atoms with E-state index in [4.69, 9.17) is 11.6 Å². The number of thioether (sulfide) groups is 1. The molecule has 5 aromatic carbocycles. The molecule has 1 aliphatic carbocycles. The monoisotopic (exact) mass is 1320 g/mol. The SMILES string of the molecule is CC1(C)CCC(c2ccc(Cl)cc2)=C(CN2CCN(c3ccc(C(=O)NS(=O)(=O)c4ccc(N[C@H](CCN5C[C@H]6C[C@@H]5CN6Cc5cc6c(cc5Br)C(=O)N(C5CCC(=O)NC5=O)C6)CSc5ccccc5)c(S(=O)(=O)C(F)(F)F)c4)cc3)CC2)C1. The van der Waals surface area contributed by atoms with Crippen LogP contribution in [-0.4, -0.2) is 148 Å². The van der Waals surface area contributed by atoms with Gasteiger partial charge >= 0.3 is 5.51 Å². The molecule has 11 rings (SSSR count). The number of imide groups is 1. The van der Waals surface area contributed by atoms with Crippen molar-refractivity contribution in [1.82, 2.24) is 29.6 Å². The first-order valence-corrected chi connectivity index (χ1v) is 34.0. The number of anilines is 2. The molecule has 4 amide bonds. The van der Waals surface area contributed by atoms with Gasteiger partial charge in [0.25, 0.3) is 31.7 Å². The van der Waals surface area contributed by atoms with Crippen molar-refractivity contribution in [1.29, 1.82) is 0 Å². The van der Waals surface area contributed by atoms with Crippen LogP contribution in [0.2, 0.25) is 5.02 Å². The van der Waals surface area contributed by atoms with Crippen LogP contribution in [0.3, 0.4) is 0 Å². The normalized spacial score (nSPS) is 21.7. The molecule has 1 unspecified atom stereocenters. The standard InChI is InChI=1S/C62H67BrClF3N8O8S3/c1-61(2)22-20-51(39-8-12-44(64)13-9-39)43(32-61)33-71-24-26-72(27-25-71)46-14-10-40(11-15-46)58(77)70-86(82,83)50-16-17-54(56(30-50)85(80,81)62(65,66)67)68-45(38-84-49-6-4-3-5-7-49)21-23-73-36-48-29-47(73)37-74(48)34-42-28-41-35-75(60(79)52(41)31-53(42)63)55-18-19-57(76)69-59(55)78/h3-17,28,30-31,45,47-48,55,68H,18-27,29,32-38H2,1-2H3,(H,70,77)(H,69,76,78)/t45-,47-,48-,55?/m1/s1. The number of allylic oxidation sites excluding steroid dienone is 1.